The second kappa shape index (κ2) is 10.5. The van der Waals surface area contributed by atoms with Crippen molar-refractivity contribution in [2.45, 2.75) is 26.4 Å². The van der Waals surface area contributed by atoms with Gasteiger partial charge in [-0.1, -0.05) is 18.2 Å². The first-order chi connectivity index (χ1) is 14.4. The molecule has 0 bridgehead atoms. The van der Waals surface area contributed by atoms with Crippen molar-refractivity contribution in [1.29, 1.82) is 0 Å². The predicted molar refractivity (Wildman–Crippen MR) is 118 cm³/mol. The van der Waals surface area contributed by atoms with Crippen LogP contribution in [0.15, 0.2) is 42.5 Å². The Balaban J connectivity index is 1.40. The van der Waals surface area contributed by atoms with Gasteiger partial charge >= 0.3 is 5.97 Å². The Morgan fingerprint density at radius 2 is 1.67 bits per heavy atom. The number of benzene rings is 2. The molecule has 1 fully saturated rings. The summed E-state index contributed by atoms with van der Waals surface area (Å²) in [5, 5.41) is 10.4. The predicted octanol–water partition coefficient (Wildman–Crippen LogP) is 2.58. The molecule has 30 heavy (non-hydrogen) atoms. The Bertz CT molecular complexity index is 809. The largest absolute Gasteiger partial charge is 0.491 e. The molecule has 1 aliphatic heterocycles. The molecule has 1 heterocycles. The average Bonchev–Trinajstić information content (AvgIpc) is 2.73. The summed E-state index contributed by atoms with van der Waals surface area (Å²) in [7, 11) is 1.38. The molecular formula is C24H32N2O4. The van der Waals surface area contributed by atoms with Crippen LogP contribution in [0.2, 0.25) is 0 Å². The zero-order valence-corrected chi connectivity index (χ0v) is 18.1. The lowest BCUT2D eigenvalue weighted by Gasteiger charge is -2.37. The van der Waals surface area contributed by atoms with Crippen LogP contribution in [-0.4, -0.2) is 68.5 Å². The molecule has 0 amide bonds. The first-order valence-corrected chi connectivity index (χ1v) is 10.4. The van der Waals surface area contributed by atoms with E-state index in [1.807, 2.05) is 24.3 Å². The summed E-state index contributed by atoms with van der Waals surface area (Å²) in [5.41, 5.74) is 4.74. The highest BCUT2D eigenvalue weighted by atomic mass is 16.5. The Morgan fingerprint density at radius 3 is 2.27 bits per heavy atom. The van der Waals surface area contributed by atoms with Gasteiger partial charge in [0.2, 0.25) is 0 Å². The minimum absolute atomic E-state index is 0.244. The van der Waals surface area contributed by atoms with Gasteiger partial charge in [-0.05, 0) is 54.8 Å². The molecule has 1 aliphatic rings. The van der Waals surface area contributed by atoms with E-state index in [4.69, 9.17) is 4.74 Å². The van der Waals surface area contributed by atoms with Gasteiger partial charge in [-0.3, -0.25) is 9.69 Å². The number of methoxy groups -OCH3 is 1. The number of anilines is 1. The maximum atomic E-state index is 11.3. The van der Waals surface area contributed by atoms with Crippen molar-refractivity contribution < 1.29 is 19.4 Å². The van der Waals surface area contributed by atoms with Gasteiger partial charge in [-0.15, -0.1) is 0 Å². The van der Waals surface area contributed by atoms with Crippen LogP contribution < -0.4 is 9.64 Å². The molecule has 1 atom stereocenters. The highest BCUT2D eigenvalue weighted by Crippen LogP contribution is 2.20. The van der Waals surface area contributed by atoms with E-state index < -0.39 is 6.10 Å². The lowest BCUT2D eigenvalue weighted by atomic mass is 10.1. The van der Waals surface area contributed by atoms with E-state index in [-0.39, 0.29) is 19.0 Å². The highest BCUT2D eigenvalue weighted by molar-refractivity contribution is 5.72. The summed E-state index contributed by atoms with van der Waals surface area (Å²) < 4.78 is 10.4. The van der Waals surface area contributed by atoms with E-state index in [0.29, 0.717) is 12.3 Å². The van der Waals surface area contributed by atoms with Crippen molar-refractivity contribution in [3.63, 3.8) is 0 Å². The third-order valence-electron chi connectivity index (χ3n) is 5.35. The molecule has 0 radical (unpaired) electrons. The maximum Gasteiger partial charge on any atom is 0.309 e. The number of hydrogen-bond acceptors (Lipinski definition) is 6. The summed E-state index contributed by atoms with van der Waals surface area (Å²) in [5.74, 6) is 0.416. The van der Waals surface area contributed by atoms with Crippen LogP contribution in [-0.2, 0) is 16.0 Å². The Hall–Kier alpha value is -2.57. The molecule has 162 valence electrons. The molecule has 2 aromatic carbocycles. The van der Waals surface area contributed by atoms with Crippen molar-refractivity contribution in [3.05, 3.63) is 59.2 Å². The number of aryl methyl sites for hydroxylation is 2. The Morgan fingerprint density at radius 1 is 1.03 bits per heavy atom. The lowest BCUT2D eigenvalue weighted by molar-refractivity contribution is -0.139. The van der Waals surface area contributed by atoms with Gasteiger partial charge in [0.1, 0.15) is 18.5 Å². The number of carbonyl (C=O) groups is 1. The molecule has 6 heteroatoms. The summed E-state index contributed by atoms with van der Waals surface area (Å²) in [6.07, 6.45) is -0.305. The van der Waals surface area contributed by atoms with Gasteiger partial charge in [0.15, 0.2) is 0 Å². The van der Waals surface area contributed by atoms with E-state index >= 15 is 0 Å². The average molecular weight is 413 g/mol. The van der Waals surface area contributed by atoms with Crippen LogP contribution >= 0.6 is 0 Å². The van der Waals surface area contributed by atoms with Crippen LogP contribution in [0.3, 0.4) is 0 Å². The first-order valence-electron chi connectivity index (χ1n) is 10.4. The first kappa shape index (κ1) is 22.1. The van der Waals surface area contributed by atoms with Gasteiger partial charge in [-0.2, -0.15) is 0 Å². The van der Waals surface area contributed by atoms with Gasteiger partial charge < -0.3 is 19.5 Å². The highest BCUT2D eigenvalue weighted by Gasteiger charge is 2.20. The minimum Gasteiger partial charge on any atom is -0.491 e. The molecule has 0 spiro atoms. The number of carbonyl (C=O) groups excluding carboxylic acids is 1. The van der Waals surface area contributed by atoms with Crippen molar-refractivity contribution in [2.75, 3.05) is 51.3 Å². The number of β-amino-alcohol motifs (C(OH)–C–C–N with tert-alkyl or cyclic N) is 1. The van der Waals surface area contributed by atoms with Gasteiger partial charge in [0.25, 0.3) is 0 Å². The quantitative estimate of drug-likeness (QED) is 0.673. The number of ether oxygens (including phenoxy) is 2. The van der Waals surface area contributed by atoms with Crippen molar-refractivity contribution in [1.82, 2.24) is 4.90 Å². The molecule has 0 saturated carbocycles. The van der Waals surface area contributed by atoms with Crippen LogP contribution in [0.4, 0.5) is 5.69 Å². The standard InChI is InChI=1S/C24H32N2O4/c1-18-12-19(2)14-21(13-18)26-10-8-25(9-11-26)16-22(27)17-30-23-6-4-20(5-7-23)15-24(28)29-3/h4-7,12-14,22,27H,8-11,15-17H2,1-3H3. The molecular weight excluding hydrogens is 380 g/mol. The van der Waals surface area contributed by atoms with Gasteiger partial charge in [0.05, 0.1) is 13.5 Å². The van der Waals surface area contributed by atoms with Gasteiger partial charge in [-0.25, -0.2) is 0 Å². The van der Waals surface area contributed by atoms with E-state index in [9.17, 15) is 9.90 Å². The Labute approximate surface area is 179 Å². The summed E-state index contributed by atoms with van der Waals surface area (Å²) in [4.78, 5) is 16.0. The molecule has 1 N–H and O–H groups in total. The summed E-state index contributed by atoms with van der Waals surface area (Å²) >= 11 is 0. The van der Waals surface area contributed by atoms with Crippen LogP contribution in [0.25, 0.3) is 0 Å². The van der Waals surface area contributed by atoms with Crippen molar-refractivity contribution in [3.8, 4) is 5.75 Å². The van der Waals surface area contributed by atoms with E-state index in [2.05, 4.69) is 46.6 Å². The number of rotatable bonds is 8. The third kappa shape index (κ3) is 6.47. The fourth-order valence-electron chi connectivity index (χ4n) is 3.81. The lowest BCUT2D eigenvalue weighted by Crippen LogP contribution is -2.49. The zero-order valence-electron chi connectivity index (χ0n) is 18.1. The van der Waals surface area contributed by atoms with Crippen LogP contribution in [0, 0.1) is 13.8 Å². The normalized spacial score (nSPS) is 15.7. The van der Waals surface area contributed by atoms with E-state index in [1.165, 1.54) is 23.9 Å². The second-order valence-corrected chi connectivity index (χ2v) is 8.00. The fraction of sp³-hybridized carbons (Fsp3) is 0.458. The zero-order chi connectivity index (χ0) is 21.5. The number of piperazine rings is 1. The van der Waals surface area contributed by atoms with Crippen molar-refractivity contribution in [2.24, 2.45) is 0 Å². The number of aliphatic hydroxyl groups is 1. The molecule has 2 aromatic rings. The number of aliphatic hydroxyl groups excluding tert-OH is 1. The Kier molecular flexibility index (Phi) is 7.71. The molecule has 1 unspecified atom stereocenters. The van der Waals surface area contributed by atoms with Crippen molar-refractivity contribution >= 4 is 11.7 Å². The number of hydrogen-bond donors (Lipinski definition) is 1. The number of nitrogens with zero attached hydrogens (tertiary/aromatic N) is 2. The molecule has 0 aromatic heterocycles. The molecule has 0 aliphatic carbocycles. The van der Waals surface area contributed by atoms with Crippen LogP contribution in [0.1, 0.15) is 16.7 Å². The number of esters is 1. The maximum absolute atomic E-state index is 11.3. The van der Waals surface area contributed by atoms with Crippen LogP contribution in [0.5, 0.6) is 5.75 Å². The van der Waals surface area contributed by atoms with E-state index in [1.54, 1.807) is 0 Å². The molecule has 1 saturated heterocycles. The topological polar surface area (TPSA) is 62.2 Å². The third-order valence-corrected chi connectivity index (χ3v) is 5.35. The fourth-order valence-corrected chi connectivity index (χ4v) is 3.81. The summed E-state index contributed by atoms with van der Waals surface area (Å²) in [6.45, 7) is 8.87. The van der Waals surface area contributed by atoms with E-state index in [0.717, 1.165) is 31.7 Å². The SMILES string of the molecule is COC(=O)Cc1ccc(OCC(O)CN2CCN(c3cc(C)cc(C)c3)CC2)cc1. The summed E-state index contributed by atoms with van der Waals surface area (Å²) in [6, 6.07) is 14.0. The molecule has 3 rings (SSSR count). The van der Waals surface area contributed by atoms with Gasteiger partial charge in [0, 0.05) is 38.4 Å². The smallest absolute Gasteiger partial charge is 0.309 e. The monoisotopic (exact) mass is 412 g/mol. The second-order valence-electron chi connectivity index (χ2n) is 8.00. The minimum atomic E-state index is -0.549. The molecule has 6 nitrogen and oxygen atoms in total.